The Morgan fingerprint density at radius 1 is 0.889 bits per heavy atom. The van der Waals surface area contributed by atoms with Gasteiger partial charge in [-0.05, 0) is 42.5 Å². The van der Waals surface area contributed by atoms with Gasteiger partial charge in [0.05, 0.1) is 10.8 Å². The van der Waals surface area contributed by atoms with Crippen molar-refractivity contribution in [2.24, 2.45) is 0 Å². The van der Waals surface area contributed by atoms with E-state index in [2.05, 4.69) is 12.1 Å². The molecule has 0 N–H and O–H groups in total. The molecular formula is C21H24N2O3S. The Bertz CT molecular complexity index is 919. The van der Waals surface area contributed by atoms with Gasteiger partial charge in [0.25, 0.3) is 0 Å². The molecule has 2 aromatic carbocycles. The number of fused-ring (bicyclic) bond motifs is 1. The van der Waals surface area contributed by atoms with Gasteiger partial charge in [0.2, 0.25) is 15.9 Å². The van der Waals surface area contributed by atoms with Crippen LogP contribution >= 0.6 is 0 Å². The quantitative estimate of drug-likeness (QED) is 0.817. The fourth-order valence-corrected chi connectivity index (χ4v) is 5.56. The van der Waals surface area contributed by atoms with Gasteiger partial charge < -0.3 is 4.90 Å². The predicted molar refractivity (Wildman–Crippen MR) is 104 cm³/mol. The predicted octanol–water partition coefficient (Wildman–Crippen LogP) is 2.64. The summed E-state index contributed by atoms with van der Waals surface area (Å²) in [5.41, 5.74) is 2.42. The van der Waals surface area contributed by atoms with Crippen LogP contribution in [0.2, 0.25) is 0 Å². The second-order valence-electron chi connectivity index (χ2n) is 7.19. The van der Waals surface area contributed by atoms with Crippen molar-refractivity contribution in [3.8, 4) is 0 Å². The Labute approximate surface area is 160 Å². The van der Waals surface area contributed by atoms with E-state index in [1.807, 2.05) is 17.0 Å². The number of amides is 1. The average Bonchev–Trinajstić information content (AvgIpc) is 2.73. The van der Waals surface area contributed by atoms with Gasteiger partial charge in [0, 0.05) is 26.2 Å². The lowest BCUT2D eigenvalue weighted by Crippen LogP contribution is -2.51. The largest absolute Gasteiger partial charge is 0.340 e. The molecule has 4 rings (SSSR count). The molecule has 0 bridgehead atoms. The fraction of sp³-hybridized carbons (Fsp3) is 0.381. The number of sulfonamides is 1. The van der Waals surface area contributed by atoms with Crippen molar-refractivity contribution in [1.29, 1.82) is 0 Å². The molecule has 1 amide bonds. The molecule has 142 valence electrons. The second-order valence-corrected chi connectivity index (χ2v) is 9.12. The standard InChI is InChI=1S/C21H24N2O3S/c24-21(20-12-6-8-17-7-4-5-11-19(17)20)22-13-15-23(16-14-22)27(25,26)18-9-2-1-3-10-18/h1-5,7,9-11,20H,6,8,12-16H2. The Balaban J connectivity index is 1.45. The molecule has 1 fully saturated rings. The Morgan fingerprint density at radius 2 is 1.56 bits per heavy atom. The van der Waals surface area contributed by atoms with E-state index in [4.69, 9.17) is 0 Å². The number of piperazine rings is 1. The van der Waals surface area contributed by atoms with Crippen LogP contribution in [0.5, 0.6) is 0 Å². The lowest BCUT2D eigenvalue weighted by atomic mass is 9.82. The first-order chi connectivity index (χ1) is 13.1. The highest BCUT2D eigenvalue weighted by Gasteiger charge is 2.34. The molecule has 0 aromatic heterocycles. The first kappa shape index (κ1) is 18.2. The van der Waals surface area contributed by atoms with Crippen molar-refractivity contribution in [2.45, 2.75) is 30.1 Å². The number of rotatable bonds is 3. The zero-order chi connectivity index (χ0) is 18.9. The summed E-state index contributed by atoms with van der Waals surface area (Å²) in [4.78, 5) is 15.2. The summed E-state index contributed by atoms with van der Waals surface area (Å²) in [6, 6.07) is 16.7. The SMILES string of the molecule is O=C(C1CCCc2ccccc21)N1CCN(S(=O)(=O)c2ccccc2)CC1. The van der Waals surface area contributed by atoms with Crippen LogP contribution in [0.1, 0.15) is 29.9 Å². The molecule has 1 atom stereocenters. The highest BCUT2D eigenvalue weighted by atomic mass is 32.2. The van der Waals surface area contributed by atoms with Crippen molar-refractivity contribution in [1.82, 2.24) is 9.21 Å². The Hall–Kier alpha value is -2.18. The molecule has 5 nitrogen and oxygen atoms in total. The molecule has 0 saturated carbocycles. The molecule has 1 unspecified atom stereocenters. The summed E-state index contributed by atoms with van der Waals surface area (Å²) in [6.07, 6.45) is 2.93. The lowest BCUT2D eigenvalue weighted by molar-refractivity contribution is -0.134. The molecule has 1 aliphatic carbocycles. The van der Waals surface area contributed by atoms with Crippen molar-refractivity contribution in [3.63, 3.8) is 0 Å². The zero-order valence-corrected chi connectivity index (χ0v) is 16.1. The maximum Gasteiger partial charge on any atom is 0.243 e. The fourth-order valence-electron chi connectivity index (χ4n) is 4.12. The van der Waals surface area contributed by atoms with E-state index < -0.39 is 10.0 Å². The smallest absolute Gasteiger partial charge is 0.243 e. The number of carbonyl (C=O) groups excluding carboxylic acids is 1. The first-order valence-electron chi connectivity index (χ1n) is 9.49. The normalized spacial score (nSPS) is 20.9. The highest BCUT2D eigenvalue weighted by molar-refractivity contribution is 7.89. The topological polar surface area (TPSA) is 57.7 Å². The molecule has 27 heavy (non-hydrogen) atoms. The van der Waals surface area contributed by atoms with Crippen LogP contribution in [-0.2, 0) is 21.2 Å². The third-order valence-electron chi connectivity index (χ3n) is 5.60. The Morgan fingerprint density at radius 3 is 2.30 bits per heavy atom. The van der Waals surface area contributed by atoms with Crippen LogP contribution in [0.15, 0.2) is 59.5 Å². The van der Waals surface area contributed by atoms with Gasteiger partial charge in [-0.15, -0.1) is 0 Å². The van der Waals surface area contributed by atoms with E-state index in [-0.39, 0.29) is 11.8 Å². The highest BCUT2D eigenvalue weighted by Crippen LogP contribution is 2.33. The van der Waals surface area contributed by atoms with E-state index in [1.165, 1.54) is 9.87 Å². The zero-order valence-electron chi connectivity index (χ0n) is 15.3. The van der Waals surface area contributed by atoms with Gasteiger partial charge >= 0.3 is 0 Å². The minimum Gasteiger partial charge on any atom is -0.340 e. The first-order valence-corrected chi connectivity index (χ1v) is 10.9. The summed E-state index contributed by atoms with van der Waals surface area (Å²) in [7, 11) is -3.49. The molecule has 2 aliphatic rings. The number of benzene rings is 2. The van der Waals surface area contributed by atoms with Crippen molar-refractivity contribution in [3.05, 3.63) is 65.7 Å². The van der Waals surface area contributed by atoms with Crippen molar-refractivity contribution in [2.75, 3.05) is 26.2 Å². The molecule has 0 spiro atoms. The Kier molecular flexibility index (Phi) is 5.02. The summed E-state index contributed by atoms with van der Waals surface area (Å²) in [5.74, 6) is 0.0474. The maximum absolute atomic E-state index is 13.1. The van der Waals surface area contributed by atoms with Gasteiger partial charge in [-0.3, -0.25) is 4.79 Å². The van der Waals surface area contributed by atoms with E-state index in [9.17, 15) is 13.2 Å². The average molecular weight is 385 g/mol. The molecule has 0 radical (unpaired) electrons. The lowest BCUT2D eigenvalue weighted by Gasteiger charge is -2.37. The molecule has 6 heteroatoms. The van der Waals surface area contributed by atoms with Gasteiger partial charge in [-0.1, -0.05) is 42.5 Å². The van der Waals surface area contributed by atoms with Crippen molar-refractivity contribution < 1.29 is 13.2 Å². The van der Waals surface area contributed by atoms with Crippen LogP contribution in [-0.4, -0.2) is 49.7 Å². The van der Waals surface area contributed by atoms with Crippen LogP contribution < -0.4 is 0 Å². The van der Waals surface area contributed by atoms with Crippen LogP contribution in [0, 0.1) is 0 Å². The molecule has 2 aromatic rings. The number of carbonyl (C=O) groups is 1. The van der Waals surface area contributed by atoms with E-state index >= 15 is 0 Å². The van der Waals surface area contributed by atoms with E-state index in [0.29, 0.717) is 31.1 Å². The maximum atomic E-state index is 13.1. The third-order valence-corrected chi connectivity index (χ3v) is 7.51. The molecular weight excluding hydrogens is 360 g/mol. The van der Waals surface area contributed by atoms with Crippen LogP contribution in [0.3, 0.4) is 0 Å². The minimum absolute atomic E-state index is 0.0905. The van der Waals surface area contributed by atoms with E-state index in [0.717, 1.165) is 24.8 Å². The van der Waals surface area contributed by atoms with Gasteiger partial charge in [-0.25, -0.2) is 8.42 Å². The summed E-state index contributed by atoms with van der Waals surface area (Å²) in [6.45, 7) is 1.59. The second kappa shape index (κ2) is 7.44. The van der Waals surface area contributed by atoms with Gasteiger partial charge in [0.1, 0.15) is 0 Å². The van der Waals surface area contributed by atoms with Crippen LogP contribution in [0.25, 0.3) is 0 Å². The number of aryl methyl sites for hydroxylation is 1. The van der Waals surface area contributed by atoms with Gasteiger partial charge in [0.15, 0.2) is 0 Å². The monoisotopic (exact) mass is 384 g/mol. The minimum atomic E-state index is -3.49. The number of nitrogens with zero attached hydrogens (tertiary/aromatic N) is 2. The molecule has 1 heterocycles. The van der Waals surface area contributed by atoms with E-state index in [1.54, 1.807) is 30.3 Å². The molecule has 1 saturated heterocycles. The third kappa shape index (κ3) is 3.51. The van der Waals surface area contributed by atoms with Crippen molar-refractivity contribution >= 4 is 15.9 Å². The summed E-state index contributed by atoms with van der Waals surface area (Å²) in [5, 5.41) is 0. The van der Waals surface area contributed by atoms with Gasteiger partial charge in [-0.2, -0.15) is 4.31 Å². The molecule has 1 aliphatic heterocycles. The number of hydrogen-bond acceptors (Lipinski definition) is 3. The number of hydrogen-bond donors (Lipinski definition) is 0. The summed E-state index contributed by atoms with van der Waals surface area (Å²) < 4.78 is 27.0. The summed E-state index contributed by atoms with van der Waals surface area (Å²) >= 11 is 0. The van der Waals surface area contributed by atoms with Crippen LogP contribution in [0.4, 0.5) is 0 Å².